The second-order valence-corrected chi connectivity index (χ2v) is 8.63. The molecular formula is C23H36N4O2. The Balaban J connectivity index is 1.41. The van der Waals surface area contributed by atoms with Crippen LogP contribution >= 0.6 is 0 Å². The fourth-order valence-corrected chi connectivity index (χ4v) is 4.32. The number of benzene rings is 1. The molecule has 2 N–H and O–H groups in total. The van der Waals surface area contributed by atoms with Crippen LogP contribution in [0, 0.1) is 13.8 Å². The summed E-state index contributed by atoms with van der Waals surface area (Å²) in [6, 6.07) is 6.22. The Hall–Kier alpha value is -1.92. The lowest BCUT2D eigenvalue weighted by Crippen LogP contribution is -2.55. The highest BCUT2D eigenvalue weighted by atomic mass is 16.2. The van der Waals surface area contributed by atoms with Crippen molar-refractivity contribution < 1.29 is 9.59 Å². The molecule has 0 spiro atoms. The number of piperazine rings is 1. The van der Waals surface area contributed by atoms with Gasteiger partial charge in [-0.2, -0.15) is 0 Å². The van der Waals surface area contributed by atoms with Crippen LogP contribution in [0.4, 0.5) is 5.69 Å². The number of hydrogen-bond acceptors (Lipinski definition) is 4. The fraction of sp³-hybridized carbons (Fsp3) is 0.652. The summed E-state index contributed by atoms with van der Waals surface area (Å²) in [7, 11) is 0. The molecule has 0 aromatic heterocycles. The summed E-state index contributed by atoms with van der Waals surface area (Å²) in [4.78, 5) is 29.5. The average molecular weight is 401 g/mol. The van der Waals surface area contributed by atoms with Crippen molar-refractivity contribution >= 4 is 17.5 Å². The quantitative estimate of drug-likeness (QED) is 0.771. The SMILES string of the molecule is Cc1cccc(NC(=O)CN2CCN(C(C)C(=O)NC3CCCCC3)CC2)c1C. The van der Waals surface area contributed by atoms with Crippen molar-refractivity contribution in [2.24, 2.45) is 0 Å². The second kappa shape index (κ2) is 10.2. The smallest absolute Gasteiger partial charge is 0.238 e. The van der Waals surface area contributed by atoms with Crippen LogP contribution in [0.5, 0.6) is 0 Å². The summed E-state index contributed by atoms with van der Waals surface area (Å²) in [6.45, 7) is 9.72. The van der Waals surface area contributed by atoms with Crippen molar-refractivity contribution in [2.45, 2.75) is 65.0 Å². The molecule has 29 heavy (non-hydrogen) atoms. The van der Waals surface area contributed by atoms with E-state index in [0.717, 1.165) is 50.3 Å². The third kappa shape index (κ3) is 6.03. The van der Waals surface area contributed by atoms with E-state index >= 15 is 0 Å². The molecule has 6 nitrogen and oxygen atoms in total. The zero-order valence-corrected chi connectivity index (χ0v) is 18.2. The second-order valence-electron chi connectivity index (χ2n) is 8.63. The molecule has 1 aromatic carbocycles. The van der Waals surface area contributed by atoms with Crippen LogP contribution in [-0.2, 0) is 9.59 Å². The largest absolute Gasteiger partial charge is 0.352 e. The highest BCUT2D eigenvalue weighted by Crippen LogP contribution is 2.19. The van der Waals surface area contributed by atoms with E-state index < -0.39 is 0 Å². The van der Waals surface area contributed by atoms with Crippen LogP contribution in [0.1, 0.15) is 50.2 Å². The van der Waals surface area contributed by atoms with Crippen LogP contribution in [-0.4, -0.2) is 66.4 Å². The monoisotopic (exact) mass is 400 g/mol. The molecule has 2 amide bonds. The normalized spacial score (nSPS) is 20.2. The summed E-state index contributed by atoms with van der Waals surface area (Å²) < 4.78 is 0. The molecule has 3 rings (SSSR count). The predicted octanol–water partition coefficient (Wildman–Crippen LogP) is 2.70. The number of carbonyl (C=O) groups is 2. The van der Waals surface area contributed by atoms with E-state index in [1.54, 1.807) is 0 Å². The molecule has 1 saturated heterocycles. The summed E-state index contributed by atoms with van der Waals surface area (Å²) in [6.07, 6.45) is 5.97. The number of rotatable bonds is 6. The van der Waals surface area contributed by atoms with Gasteiger partial charge in [-0.15, -0.1) is 0 Å². The number of hydrogen-bond donors (Lipinski definition) is 2. The molecule has 1 aromatic rings. The molecule has 1 heterocycles. The third-order valence-electron chi connectivity index (χ3n) is 6.53. The van der Waals surface area contributed by atoms with E-state index in [4.69, 9.17) is 0 Å². The number of nitrogens with zero attached hydrogens (tertiary/aromatic N) is 2. The lowest BCUT2D eigenvalue weighted by molar-refractivity contribution is -0.128. The Morgan fingerprint density at radius 1 is 1.07 bits per heavy atom. The number of carbonyl (C=O) groups excluding carboxylic acids is 2. The van der Waals surface area contributed by atoms with Gasteiger partial charge in [-0.3, -0.25) is 19.4 Å². The molecule has 1 aliphatic heterocycles. The van der Waals surface area contributed by atoms with E-state index in [1.165, 1.54) is 24.8 Å². The molecular weight excluding hydrogens is 364 g/mol. The molecule has 0 bridgehead atoms. The van der Waals surface area contributed by atoms with E-state index in [2.05, 4.69) is 33.4 Å². The minimum Gasteiger partial charge on any atom is -0.352 e. The Morgan fingerprint density at radius 3 is 2.45 bits per heavy atom. The summed E-state index contributed by atoms with van der Waals surface area (Å²) >= 11 is 0. The van der Waals surface area contributed by atoms with Crippen LogP contribution in [0.15, 0.2) is 18.2 Å². The van der Waals surface area contributed by atoms with Gasteiger partial charge < -0.3 is 10.6 Å². The topological polar surface area (TPSA) is 64.7 Å². The zero-order valence-electron chi connectivity index (χ0n) is 18.2. The molecule has 1 unspecified atom stereocenters. The van der Waals surface area contributed by atoms with Crippen LogP contribution in [0.3, 0.4) is 0 Å². The van der Waals surface area contributed by atoms with Crippen LogP contribution in [0.25, 0.3) is 0 Å². The van der Waals surface area contributed by atoms with Gasteiger partial charge in [0.1, 0.15) is 0 Å². The highest BCUT2D eigenvalue weighted by Gasteiger charge is 2.27. The molecule has 1 saturated carbocycles. The lowest BCUT2D eigenvalue weighted by Gasteiger charge is -2.37. The Labute approximate surface area is 175 Å². The van der Waals surface area contributed by atoms with Gasteiger partial charge in [-0.25, -0.2) is 0 Å². The first-order valence-electron chi connectivity index (χ1n) is 11.1. The van der Waals surface area contributed by atoms with E-state index in [-0.39, 0.29) is 17.9 Å². The molecule has 1 aliphatic carbocycles. The number of aryl methyl sites for hydroxylation is 1. The molecule has 1 atom stereocenters. The lowest BCUT2D eigenvalue weighted by atomic mass is 9.95. The Morgan fingerprint density at radius 2 is 1.76 bits per heavy atom. The Kier molecular flexibility index (Phi) is 7.67. The van der Waals surface area contributed by atoms with Crippen molar-refractivity contribution in [1.82, 2.24) is 15.1 Å². The predicted molar refractivity (Wildman–Crippen MR) is 117 cm³/mol. The molecule has 0 radical (unpaired) electrons. The van der Waals surface area contributed by atoms with Gasteiger partial charge in [0.05, 0.1) is 12.6 Å². The van der Waals surface area contributed by atoms with Gasteiger partial charge in [0, 0.05) is 37.9 Å². The standard InChI is InChI=1S/C23H36N4O2/c1-17-8-7-11-21(18(17)2)25-22(28)16-26-12-14-27(15-13-26)19(3)23(29)24-20-9-5-4-6-10-20/h7-8,11,19-20H,4-6,9-10,12-16H2,1-3H3,(H,24,29)(H,25,28). The minimum absolute atomic E-state index is 0.0234. The first-order chi connectivity index (χ1) is 13.9. The number of anilines is 1. The highest BCUT2D eigenvalue weighted by molar-refractivity contribution is 5.93. The summed E-state index contributed by atoms with van der Waals surface area (Å²) in [5.74, 6) is 0.174. The Bertz CT molecular complexity index is 707. The number of nitrogens with one attached hydrogen (secondary N) is 2. The van der Waals surface area contributed by atoms with Crippen molar-refractivity contribution in [3.05, 3.63) is 29.3 Å². The third-order valence-corrected chi connectivity index (χ3v) is 6.53. The average Bonchev–Trinajstić information content (AvgIpc) is 2.72. The number of amides is 2. The summed E-state index contributed by atoms with van der Waals surface area (Å²) in [5.41, 5.74) is 3.18. The van der Waals surface area contributed by atoms with E-state index in [1.807, 2.05) is 26.0 Å². The van der Waals surface area contributed by atoms with Gasteiger partial charge in [0.25, 0.3) is 0 Å². The van der Waals surface area contributed by atoms with Gasteiger partial charge in [0.2, 0.25) is 11.8 Å². The molecule has 2 fully saturated rings. The van der Waals surface area contributed by atoms with Crippen molar-refractivity contribution in [2.75, 3.05) is 38.0 Å². The maximum absolute atomic E-state index is 12.6. The van der Waals surface area contributed by atoms with Crippen LogP contribution < -0.4 is 10.6 Å². The maximum atomic E-state index is 12.6. The maximum Gasteiger partial charge on any atom is 0.238 e. The molecule has 160 valence electrons. The molecule has 2 aliphatic rings. The zero-order chi connectivity index (χ0) is 20.8. The summed E-state index contributed by atoms with van der Waals surface area (Å²) in [5, 5.41) is 6.28. The van der Waals surface area contributed by atoms with Crippen molar-refractivity contribution in [3.63, 3.8) is 0 Å². The minimum atomic E-state index is -0.108. The van der Waals surface area contributed by atoms with Gasteiger partial charge >= 0.3 is 0 Å². The van der Waals surface area contributed by atoms with Gasteiger partial charge in [-0.1, -0.05) is 31.4 Å². The van der Waals surface area contributed by atoms with Crippen molar-refractivity contribution in [1.29, 1.82) is 0 Å². The van der Waals surface area contributed by atoms with Gasteiger partial charge in [0.15, 0.2) is 0 Å². The van der Waals surface area contributed by atoms with E-state index in [0.29, 0.717) is 12.6 Å². The van der Waals surface area contributed by atoms with Gasteiger partial charge in [-0.05, 0) is 50.8 Å². The van der Waals surface area contributed by atoms with Crippen LogP contribution in [0.2, 0.25) is 0 Å². The first-order valence-corrected chi connectivity index (χ1v) is 11.1. The first kappa shape index (κ1) is 21.8. The fourth-order valence-electron chi connectivity index (χ4n) is 4.32. The van der Waals surface area contributed by atoms with Crippen molar-refractivity contribution in [3.8, 4) is 0 Å². The molecule has 6 heteroatoms. The van der Waals surface area contributed by atoms with E-state index in [9.17, 15) is 9.59 Å².